The number of hydrogen-bond acceptors (Lipinski definition) is 4. The lowest BCUT2D eigenvalue weighted by atomic mass is 10.0. The summed E-state index contributed by atoms with van der Waals surface area (Å²) in [6, 6.07) is 14.4. The van der Waals surface area contributed by atoms with Gasteiger partial charge in [-0.05, 0) is 41.9 Å². The summed E-state index contributed by atoms with van der Waals surface area (Å²) in [6.45, 7) is 0.221. The van der Waals surface area contributed by atoms with Crippen molar-refractivity contribution in [2.24, 2.45) is 0 Å². The zero-order chi connectivity index (χ0) is 17.6. The van der Waals surface area contributed by atoms with E-state index in [0.717, 1.165) is 34.6 Å². The highest BCUT2D eigenvalue weighted by atomic mass is 32.2. The van der Waals surface area contributed by atoms with Crippen LogP contribution in [0.5, 0.6) is 0 Å². The topological polar surface area (TPSA) is 75.6 Å². The highest BCUT2D eigenvalue weighted by Crippen LogP contribution is 2.35. The van der Waals surface area contributed by atoms with Crippen LogP contribution in [-0.2, 0) is 11.3 Å². The number of aromatic carboxylic acids is 1. The molecule has 1 amide bonds. The summed E-state index contributed by atoms with van der Waals surface area (Å²) in [6.07, 6.45) is 1.27. The lowest BCUT2D eigenvalue weighted by Gasteiger charge is -2.19. The Bertz CT molecular complexity index is 763. The minimum absolute atomic E-state index is 0.170. The van der Waals surface area contributed by atoms with Gasteiger partial charge in [-0.3, -0.25) is 0 Å². The Kier molecular flexibility index (Phi) is 5.60. The Morgan fingerprint density at radius 3 is 2.76 bits per heavy atom. The molecule has 5 nitrogen and oxygen atoms in total. The number of ether oxygens (including phenoxy) is 1. The van der Waals surface area contributed by atoms with Crippen LogP contribution >= 0.6 is 11.8 Å². The molecule has 0 radical (unpaired) electrons. The minimum Gasteiger partial charge on any atom is -0.478 e. The number of hydrogen-bond donors (Lipinski definition) is 2. The quantitative estimate of drug-likeness (QED) is 0.856. The summed E-state index contributed by atoms with van der Waals surface area (Å²) in [5.74, 6) is -0.0488. The van der Waals surface area contributed by atoms with Crippen molar-refractivity contribution < 1.29 is 19.4 Å². The summed E-state index contributed by atoms with van der Waals surface area (Å²) < 4.78 is 5.30. The summed E-state index contributed by atoms with van der Waals surface area (Å²) in [5.41, 5.74) is 2.14. The van der Waals surface area contributed by atoms with Gasteiger partial charge in [-0.2, -0.15) is 0 Å². The van der Waals surface area contributed by atoms with Gasteiger partial charge in [0.15, 0.2) is 0 Å². The first-order valence-corrected chi connectivity index (χ1v) is 9.09. The highest BCUT2D eigenvalue weighted by molar-refractivity contribution is 7.99. The Labute approximate surface area is 150 Å². The van der Waals surface area contributed by atoms with E-state index in [1.54, 1.807) is 30.0 Å². The predicted molar refractivity (Wildman–Crippen MR) is 95.9 cm³/mol. The SMILES string of the molecule is O=C(NC1CCCSc2cc(C(=O)O)ccc21)OCc1ccccc1. The standard InChI is InChI=1S/C19H19NO4S/c21-18(22)14-8-9-15-16(7-4-10-25-17(15)11-14)20-19(23)24-12-13-5-2-1-3-6-13/h1-3,5-6,8-9,11,16H,4,7,10,12H2,(H,20,23)(H,21,22). The van der Waals surface area contributed by atoms with E-state index in [1.165, 1.54) is 0 Å². The fourth-order valence-corrected chi connectivity index (χ4v) is 3.88. The van der Waals surface area contributed by atoms with Gasteiger partial charge < -0.3 is 15.2 Å². The molecule has 1 aliphatic heterocycles. The maximum atomic E-state index is 12.1. The van der Waals surface area contributed by atoms with Gasteiger partial charge in [0.25, 0.3) is 0 Å². The molecular formula is C19H19NO4S. The van der Waals surface area contributed by atoms with Gasteiger partial charge in [0, 0.05) is 4.90 Å². The van der Waals surface area contributed by atoms with E-state index in [2.05, 4.69) is 5.32 Å². The second-order valence-electron chi connectivity index (χ2n) is 5.81. The number of benzene rings is 2. The molecule has 2 aromatic carbocycles. The first-order chi connectivity index (χ1) is 12.1. The van der Waals surface area contributed by atoms with Gasteiger partial charge in [0.05, 0.1) is 11.6 Å². The lowest BCUT2D eigenvalue weighted by Crippen LogP contribution is -2.29. The first kappa shape index (κ1) is 17.4. The molecule has 1 heterocycles. The molecule has 0 spiro atoms. The molecule has 0 aromatic heterocycles. The number of fused-ring (bicyclic) bond motifs is 1. The van der Waals surface area contributed by atoms with Gasteiger partial charge in [-0.1, -0.05) is 36.4 Å². The average molecular weight is 357 g/mol. The van der Waals surface area contributed by atoms with Crippen LogP contribution in [-0.4, -0.2) is 22.9 Å². The Balaban J connectivity index is 1.68. The number of rotatable bonds is 4. The summed E-state index contributed by atoms with van der Waals surface area (Å²) in [4.78, 5) is 24.2. The number of carbonyl (C=O) groups is 2. The van der Waals surface area contributed by atoms with Crippen LogP contribution < -0.4 is 5.32 Å². The highest BCUT2D eigenvalue weighted by Gasteiger charge is 2.22. The van der Waals surface area contributed by atoms with Gasteiger partial charge >= 0.3 is 12.1 Å². The molecule has 0 fully saturated rings. The number of nitrogens with one attached hydrogen (secondary N) is 1. The normalized spacial score (nSPS) is 16.4. The molecule has 2 N–H and O–H groups in total. The summed E-state index contributed by atoms with van der Waals surface area (Å²) in [5, 5.41) is 12.1. The molecule has 1 aliphatic rings. The fourth-order valence-electron chi connectivity index (χ4n) is 2.76. The van der Waals surface area contributed by atoms with E-state index >= 15 is 0 Å². The number of thioether (sulfide) groups is 1. The number of alkyl carbamates (subject to hydrolysis) is 1. The zero-order valence-electron chi connectivity index (χ0n) is 13.6. The maximum Gasteiger partial charge on any atom is 0.407 e. The van der Waals surface area contributed by atoms with Crippen molar-refractivity contribution in [3.63, 3.8) is 0 Å². The van der Waals surface area contributed by atoms with Crippen molar-refractivity contribution in [1.82, 2.24) is 5.32 Å². The van der Waals surface area contributed by atoms with E-state index in [9.17, 15) is 9.59 Å². The van der Waals surface area contributed by atoms with Crippen LogP contribution in [0.15, 0.2) is 53.4 Å². The third-order valence-electron chi connectivity index (χ3n) is 4.04. The lowest BCUT2D eigenvalue weighted by molar-refractivity contribution is 0.0696. The number of carboxylic acids is 1. The molecule has 0 bridgehead atoms. The van der Waals surface area contributed by atoms with Crippen molar-refractivity contribution in [3.8, 4) is 0 Å². The first-order valence-electron chi connectivity index (χ1n) is 8.11. The molecular weight excluding hydrogens is 338 g/mol. The molecule has 1 unspecified atom stereocenters. The van der Waals surface area contributed by atoms with E-state index in [-0.39, 0.29) is 18.2 Å². The van der Waals surface area contributed by atoms with Crippen LogP contribution in [0, 0.1) is 0 Å². The Hall–Kier alpha value is -2.47. The fraction of sp³-hybridized carbons (Fsp3) is 0.263. The maximum absolute atomic E-state index is 12.1. The van der Waals surface area contributed by atoms with Crippen LogP contribution in [0.2, 0.25) is 0 Å². The molecule has 130 valence electrons. The summed E-state index contributed by atoms with van der Waals surface area (Å²) in [7, 11) is 0. The molecule has 0 saturated heterocycles. The molecule has 25 heavy (non-hydrogen) atoms. The molecule has 1 atom stereocenters. The van der Waals surface area contributed by atoms with Crippen LogP contribution in [0.1, 0.15) is 40.4 Å². The summed E-state index contributed by atoms with van der Waals surface area (Å²) >= 11 is 1.63. The average Bonchev–Trinajstić information content (AvgIpc) is 2.82. The third kappa shape index (κ3) is 4.54. The Morgan fingerprint density at radius 1 is 1.20 bits per heavy atom. The smallest absolute Gasteiger partial charge is 0.407 e. The zero-order valence-corrected chi connectivity index (χ0v) is 14.4. The van der Waals surface area contributed by atoms with Gasteiger partial charge in [0.1, 0.15) is 6.61 Å². The number of carbonyl (C=O) groups excluding carboxylic acids is 1. The van der Waals surface area contributed by atoms with Crippen molar-refractivity contribution in [2.45, 2.75) is 30.4 Å². The predicted octanol–water partition coefficient (Wildman–Crippen LogP) is 4.24. The molecule has 2 aromatic rings. The van der Waals surface area contributed by atoms with Crippen molar-refractivity contribution in [2.75, 3.05) is 5.75 Å². The second kappa shape index (κ2) is 8.07. The van der Waals surface area contributed by atoms with E-state index in [1.807, 2.05) is 30.3 Å². The second-order valence-corrected chi connectivity index (χ2v) is 6.94. The van der Waals surface area contributed by atoms with Crippen molar-refractivity contribution >= 4 is 23.8 Å². The van der Waals surface area contributed by atoms with Gasteiger partial charge in [0.2, 0.25) is 0 Å². The van der Waals surface area contributed by atoms with Gasteiger partial charge in [-0.15, -0.1) is 11.8 Å². The van der Waals surface area contributed by atoms with E-state index < -0.39 is 12.1 Å². The van der Waals surface area contributed by atoms with E-state index in [4.69, 9.17) is 9.84 Å². The molecule has 0 aliphatic carbocycles. The van der Waals surface area contributed by atoms with Crippen LogP contribution in [0.25, 0.3) is 0 Å². The molecule has 3 rings (SSSR count). The molecule has 6 heteroatoms. The van der Waals surface area contributed by atoms with Crippen LogP contribution in [0.3, 0.4) is 0 Å². The third-order valence-corrected chi connectivity index (χ3v) is 5.19. The van der Waals surface area contributed by atoms with Gasteiger partial charge in [-0.25, -0.2) is 9.59 Å². The minimum atomic E-state index is -0.945. The van der Waals surface area contributed by atoms with Crippen LogP contribution in [0.4, 0.5) is 4.79 Å². The number of amides is 1. The van der Waals surface area contributed by atoms with Crippen molar-refractivity contribution in [1.29, 1.82) is 0 Å². The molecule has 0 saturated carbocycles. The largest absolute Gasteiger partial charge is 0.478 e. The van der Waals surface area contributed by atoms with Crippen molar-refractivity contribution in [3.05, 3.63) is 65.2 Å². The Morgan fingerprint density at radius 2 is 2.00 bits per heavy atom. The monoisotopic (exact) mass is 357 g/mol. The number of carboxylic acid groups (broad SMARTS) is 1. The van der Waals surface area contributed by atoms with E-state index in [0.29, 0.717) is 0 Å².